The fourth-order valence-electron chi connectivity index (χ4n) is 0.940. The number of nitro groups is 1. The summed E-state index contributed by atoms with van der Waals surface area (Å²) >= 11 is 2.81. The number of nitro benzene ring substituents is 1. The number of nitrogens with zero attached hydrogens (tertiary/aromatic N) is 1. The minimum atomic E-state index is -4.18. The molecule has 0 amide bonds. The van der Waals surface area contributed by atoms with Gasteiger partial charge in [-0.15, -0.1) is 0 Å². The van der Waals surface area contributed by atoms with Gasteiger partial charge in [0, 0.05) is 0 Å². The van der Waals surface area contributed by atoms with E-state index in [2.05, 4.69) is 15.9 Å². The molecular weight excluding hydrogens is 292 g/mol. The zero-order valence-electron chi connectivity index (χ0n) is 7.05. The molecule has 0 atom stereocenters. The molecule has 0 aliphatic rings. The Morgan fingerprint density at radius 1 is 1.47 bits per heavy atom. The van der Waals surface area contributed by atoms with Crippen LogP contribution in [0.2, 0.25) is 0 Å². The van der Waals surface area contributed by atoms with Crippen LogP contribution in [0.1, 0.15) is 0 Å². The first-order valence-corrected chi connectivity index (χ1v) is 5.77. The molecule has 15 heavy (non-hydrogen) atoms. The standard InChI is InChI=1S/C6H5BrN2O5S/c7-3-1-2-4(15(8,13)14)6(10)5(3)9(11)12/h1-2,10H,(H2,8,13,14). The first-order chi connectivity index (χ1) is 6.75. The third kappa shape index (κ3) is 2.25. The lowest BCUT2D eigenvalue weighted by Crippen LogP contribution is -2.12. The molecule has 1 rings (SSSR count). The summed E-state index contributed by atoms with van der Waals surface area (Å²) in [5.41, 5.74) is -0.735. The highest BCUT2D eigenvalue weighted by Crippen LogP contribution is 2.38. The topological polar surface area (TPSA) is 124 Å². The zero-order chi connectivity index (χ0) is 11.8. The third-order valence-corrected chi connectivity index (χ3v) is 3.14. The van der Waals surface area contributed by atoms with E-state index in [4.69, 9.17) is 5.14 Å². The Morgan fingerprint density at radius 3 is 2.40 bits per heavy atom. The Bertz CT molecular complexity index is 527. The van der Waals surface area contributed by atoms with Crippen LogP contribution in [0, 0.1) is 10.1 Å². The molecule has 1 aromatic carbocycles. The van der Waals surface area contributed by atoms with Crippen molar-refractivity contribution in [1.29, 1.82) is 0 Å². The van der Waals surface area contributed by atoms with Crippen molar-refractivity contribution in [1.82, 2.24) is 0 Å². The normalized spacial score (nSPS) is 11.3. The van der Waals surface area contributed by atoms with Gasteiger partial charge in [-0.05, 0) is 28.1 Å². The average molecular weight is 297 g/mol. The Hall–Kier alpha value is -1.19. The van der Waals surface area contributed by atoms with E-state index >= 15 is 0 Å². The van der Waals surface area contributed by atoms with Gasteiger partial charge >= 0.3 is 5.69 Å². The third-order valence-electron chi connectivity index (χ3n) is 1.55. The highest BCUT2D eigenvalue weighted by Gasteiger charge is 2.26. The van der Waals surface area contributed by atoms with Crippen molar-refractivity contribution < 1.29 is 18.4 Å². The van der Waals surface area contributed by atoms with Gasteiger partial charge in [-0.3, -0.25) is 10.1 Å². The molecule has 0 aliphatic carbocycles. The van der Waals surface area contributed by atoms with Gasteiger partial charge in [-0.25, -0.2) is 13.6 Å². The summed E-state index contributed by atoms with van der Waals surface area (Å²) in [6, 6.07) is 2.10. The maximum atomic E-state index is 10.9. The Labute approximate surface area is 92.8 Å². The number of sulfonamides is 1. The molecule has 1 aromatic rings. The number of phenolic OH excluding ortho intramolecular Hbond substituents is 1. The van der Waals surface area contributed by atoms with Crippen molar-refractivity contribution in [3.05, 3.63) is 26.7 Å². The number of rotatable bonds is 2. The minimum absolute atomic E-state index is 0.0302. The maximum Gasteiger partial charge on any atom is 0.326 e. The van der Waals surface area contributed by atoms with Crippen molar-refractivity contribution in [2.24, 2.45) is 5.14 Å². The zero-order valence-corrected chi connectivity index (χ0v) is 9.45. The van der Waals surface area contributed by atoms with Crippen LogP contribution in [-0.4, -0.2) is 18.4 Å². The highest BCUT2D eigenvalue weighted by molar-refractivity contribution is 9.10. The quantitative estimate of drug-likeness (QED) is 0.614. The molecule has 3 N–H and O–H groups in total. The average Bonchev–Trinajstić information content (AvgIpc) is 2.00. The molecule has 82 valence electrons. The van der Waals surface area contributed by atoms with Crippen LogP contribution in [0.5, 0.6) is 5.75 Å². The number of phenols is 1. The monoisotopic (exact) mass is 296 g/mol. The molecule has 0 bridgehead atoms. The van der Waals surface area contributed by atoms with Gasteiger partial charge in [-0.2, -0.15) is 0 Å². The number of primary sulfonamides is 1. The Balaban J connectivity index is 3.64. The number of benzene rings is 1. The van der Waals surface area contributed by atoms with E-state index in [-0.39, 0.29) is 4.47 Å². The molecule has 0 saturated heterocycles. The van der Waals surface area contributed by atoms with Gasteiger partial charge in [0.25, 0.3) is 0 Å². The highest BCUT2D eigenvalue weighted by atomic mass is 79.9. The molecule has 0 fully saturated rings. The largest absolute Gasteiger partial charge is 0.501 e. The van der Waals surface area contributed by atoms with Crippen LogP contribution < -0.4 is 5.14 Å². The second-order valence-electron chi connectivity index (χ2n) is 2.54. The summed E-state index contributed by atoms with van der Waals surface area (Å²) in [4.78, 5) is 8.91. The summed E-state index contributed by atoms with van der Waals surface area (Å²) in [7, 11) is -4.18. The van der Waals surface area contributed by atoms with Crippen LogP contribution in [0.15, 0.2) is 21.5 Å². The summed E-state index contributed by atoms with van der Waals surface area (Å²) in [5, 5.41) is 24.6. The summed E-state index contributed by atoms with van der Waals surface area (Å²) in [6.07, 6.45) is 0. The predicted molar refractivity (Wildman–Crippen MR) is 53.8 cm³/mol. The SMILES string of the molecule is NS(=O)(=O)c1ccc(Br)c([N+](=O)[O-])c1O. The lowest BCUT2D eigenvalue weighted by atomic mass is 10.3. The number of hydrogen-bond acceptors (Lipinski definition) is 5. The van der Waals surface area contributed by atoms with E-state index in [9.17, 15) is 23.6 Å². The molecule has 0 unspecified atom stereocenters. The van der Waals surface area contributed by atoms with E-state index < -0.39 is 31.3 Å². The van der Waals surface area contributed by atoms with Crippen molar-refractivity contribution >= 4 is 31.6 Å². The lowest BCUT2D eigenvalue weighted by molar-refractivity contribution is -0.386. The first kappa shape index (κ1) is 11.9. The van der Waals surface area contributed by atoms with E-state index in [0.29, 0.717) is 0 Å². The molecular formula is C6H5BrN2O5S. The van der Waals surface area contributed by atoms with Crippen LogP contribution in [0.4, 0.5) is 5.69 Å². The summed E-state index contributed by atoms with van der Waals surface area (Å²) < 4.78 is 21.8. The fraction of sp³-hybridized carbons (Fsp3) is 0. The van der Waals surface area contributed by atoms with Crippen molar-refractivity contribution in [2.45, 2.75) is 4.90 Å². The van der Waals surface area contributed by atoms with Crippen molar-refractivity contribution in [2.75, 3.05) is 0 Å². The van der Waals surface area contributed by atoms with Gasteiger partial charge in [0.15, 0.2) is 0 Å². The molecule has 0 aliphatic heterocycles. The van der Waals surface area contributed by atoms with Gasteiger partial charge in [-0.1, -0.05) is 0 Å². The smallest absolute Gasteiger partial charge is 0.326 e. The van der Waals surface area contributed by atoms with Crippen LogP contribution in [0.25, 0.3) is 0 Å². The Kier molecular flexibility index (Phi) is 2.98. The van der Waals surface area contributed by atoms with Crippen molar-refractivity contribution in [3.8, 4) is 5.75 Å². The lowest BCUT2D eigenvalue weighted by Gasteiger charge is -2.03. The fourth-order valence-corrected chi connectivity index (χ4v) is 2.03. The number of nitrogens with two attached hydrogens (primary N) is 1. The number of halogens is 1. The van der Waals surface area contributed by atoms with Crippen molar-refractivity contribution in [3.63, 3.8) is 0 Å². The maximum absolute atomic E-state index is 10.9. The number of hydrogen-bond donors (Lipinski definition) is 2. The molecule has 0 radical (unpaired) electrons. The van der Waals surface area contributed by atoms with Crippen LogP contribution in [-0.2, 0) is 10.0 Å². The molecule has 9 heteroatoms. The van der Waals surface area contributed by atoms with Gasteiger partial charge < -0.3 is 5.11 Å². The molecule has 0 heterocycles. The van der Waals surface area contributed by atoms with Gasteiger partial charge in [0.2, 0.25) is 15.8 Å². The molecule has 0 spiro atoms. The van der Waals surface area contributed by atoms with E-state index in [1.54, 1.807) is 0 Å². The molecule has 0 aromatic heterocycles. The first-order valence-electron chi connectivity index (χ1n) is 3.44. The molecule has 0 saturated carbocycles. The van der Waals surface area contributed by atoms with Gasteiger partial charge in [0.05, 0.1) is 9.40 Å². The summed E-state index contributed by atoms with van der Waals surface area (Å²) in [6.45, 7) is 0. The van der Waals surface area contributed by atoms with Crippen LogP contribution >= 0.6 is 15.9 Å². The van der Waals surface area contributed by atoms with E-state index in [1.165, 1.54) is 0 Å². The second kappa shape index (κ2) is 3.76. The predicted octanol–water partition coefficient (Wildman–Crippen LogP) is 0.710. The van der Waals surface area contributed by atoms with Crippen LogP contribution in [0.3, 0.4) is 0 Å². The minimum Gasteiger partial charge on any atom is -0.501 e. The Morgan fingerprint density at radius 2 is 2.00 bits per heavy atom. The van der Waals surface area contributed by atoms with Gasteiger partial charge in [0.1, 0.15) is 4.90 Å². The van der Waals surface area contributed by atoms with E-state index in [0.717, 1.165) is 12.1 Å². The number of aromatic hydroxyl groups is 1. The summed E-state index contributed by atoms with van der Waals surface area (Å²) in [5.74, 6) is -0.975. The van der Waals surface area contributed by atoms with E-state index in [1.807, 2.05) is 0 Å². The molecule has 7 nitrogen and oxygen atoms in total. The second-order valence-corrected chi connectivity index (χ2v) is 4.93.